The fourth-order valence-corrected chi connectivity index (χ4v) is 4.49. The van der Waals surface area contributed by atoms with Gasteiger partial charge in [-0.05, 0) is 31.2 Å². The van der Waals surface area contributed by atoms with Crippen LogP contribution in [0.1, 0.15) is 17.3 Å². The van der Waals surface area contributed by atoms with Crippen LogP contribution in [0.25, 0.3) is 0 Å². The number of hydrogen-bond acceptors (Lipinski definition) is 9. The standard InChI is InChI=1S/C22H26N4O7S/c1-14(13-30-2)32-17-9-15(22(27)25-21-5-6-23-26-21)10-18(11-17)33-16-3-4-20-19(12-16)31-8-7-24-34(20,28)29/h3-6,9-12,14,24,28-29H,7-8,13H2,1-2H3,(H2,23,25,26,27)/t14-/m0/s1. The highest BCUT2D eigenvalue weighted by Crippen LogP contribution is 2.51. The van der Waals surface area contributed by atoms with Gasteiger partial charge in [0.2, 0.25) is 0 Å². The molecule has 0 saturated heterocycles. The molecule has 0 unspecified atom stereocenters. The molecule has 1 aliphatic heterocycles. The Bertz CT molecular complexity index is 1140. The smallest absolute Gasteiger partial charge is 0.257 e. The number of methoxy groups -OCH3 is 1. The molecule has 4 rings (SSSR count). The van der Waals surface area contributed by atoms with Crippen molar-refractivity contribution in [2.24, 2.45) is 0 Å². The van der Waals surface area contributed by atoms with E-state index in [1.54, 1.807) is 43.5 Å². The maximum absolute atomic E-state index is 12.8. The number of anilines is 1. The van der Waals surface area contributed by atoms with Gasteiger partial charge in [0.15, 0.2) is 0 Å². The van der Waals surface area contributed by atoms with E-state index < -0.39 is 10.8 Å². The summed E-state index contributed by atoms with van der Waals surface area (Å²) in [6.45, 7) is 2.77. The first-order valence-electron chi connectivity index (χ1n) is 10.4. The van der Waals surface area contributed by atoms with Gasteiger partial charge in [-0.2, -0.15) is 5.10 Å². The Morgan fingerprint density at radius 1 is 1.21 bits per heavy atom. The van der Waals surface area contributed by atoms with Crippen molar-refractivity contribution in [2.75, 3.05) is 32.2 Å². The molecule has 0 bridgehead atoms. The van der Waals surface area contributed by atoms with Crippen LogP contribution in [-0.2, 0) is 4.74 Å². The quantitative estimate of drug-likeness (QED) is 0.317. The lowest BCUT2D eigenvalue weighted by atomic mass is 10.2. The molecule has 2 heterocycles. The van der Waals surface area contributed by atoms with Crippen molar-refractivity contribution < 1.29 is 32.8 Å². The Balaban J connectivity index is 1.62. The molecule has 0 fully saturated rings. The van der Waals surface area contributed by atoms with E-state index in [2.05, 4.69) is 20.2 Å². The van der Waals surface area contributed by atoms with Gasteiger partial charge in [-0.25, -0.2) is 4.72 Å². The fraction of sp³-hybridized carbons (Fsp3) is 0.273. The minimum absolute atomic E-state index is 0.252. The minimum atomic E-state index is -3.16. The number of aromatic nitrogens is 2. The number of nitrogens with one attached hydrogen (secondary N) is 3. The molecular formula is C22H26N4O7S. The van der Waals surface area contributed by atoms with Crippen molar-refractivity contribution in [3.63, 3.8) is 0 Å². The Morgan fingerprint density at radius 3 is 2.79 bits per heavy atom. The summed E-state index contributed by atoms with van der Waals surface area (Å²) >= 11 is 0. The number of fused-ring (bicyclic) bond motifs is 1. The van der Waals surface area contributed by atoms with E-state index in [9.17, 15) is 13.9 Å². The highest BCUT2D eigenvalue weighted by atomic mass is 32.3. The van der Waals surface area contributed by atoms with Crippen molar-refractivity contribution in [3.05, 3.63) is 54.2 Å². The molecular weight excluding hydrogens is 464 g/mol. The van der Waals surface area contributed by atoms with Crippen LogP contribution in [0.15, 0.2) is 53.6 Å². The Morgan fingerprint density at radius 2 is 2.03 bits per heavy atom. The number of carbonyl (C=O) groups is 1. The van der Waals surface area contributed by atoms with Crippen molar-refractivity contribution in [1.29, 1.82) is 0 Å². The predicted octanol–water partition coefficient (Wildman–Crippen LogP) is 3.87. The second-order valence-corrected chi connectivity index (χ2v) is 9.33. The number of ether oxygens (including phenoxy) is 4. The molecule has 34 heavy (non-hydrogen) atoms. The summed E-state index contributed by atoms with van der Waals surface area (Å²) in [5.74, 6) is 1.52. The molecule has 1 atom stereocenters. The molecule has 3 aromatic rings. The van der Waals surface area contributed by atoms with E-state index in [1.165, 1.54) is 12.3 Å². The molecule has 5 N–H and O–H groups in total. The van der Waals surface area contributed by atoms with Crippen LogP contribution in [0.5, 0.6) is 23.0 Å². The van der Waals surface area contributed by atoms with Gasteiger partial charge < -0.3 is 24.3 Å². The van der Waals surface area contributed by atoms with Crippen molar-refractivity contribution in [1.82, 2.24) is 14.9 Å². The highest BCUT2D eigenvalue weighted by Gasteiger charge is 2.24. The summed E-state index contributed by atoms with van der Waals surface area (Å²) in [5.41, 5.74) is 0.302. The van der Waals surface area contributed by atoms with Crippen LogP contribution in [0.3, 0.4) is 0 Å². The highest BCUT2D eigenvalue weighted by molar-refractivity contribution is 8.22. The van der Waals surface area contributed by atoms with Crippen LogP contribution in [0, 0.1) is 0 Å². The molecule has 0 aliphatic carbocycles. The summed E-state index contributed by atoms with van der Waals surface area (Å²) in [6, 6.07) is 11.2. The second kappa shape index (κ2) is 10.3. The third-order valence-electron chi connectivity index (χ3n) is 4.75. The first-order chi connectivity index (χ1) is 16.3. The van der Waals surface area contributed by atoms with Crippen molar-refractivity contribution >= 4 is 22.5 Å². The van der Waals surface area contributed by atoms with Gasteiger partial charge in [0.05, 0.1) is 12.8 Å². The monoisotopic (exact) mass is 490 g/mol. The zero-order valence-corrected chi connectivity index (χ0v) is 19.4. The van der Waals surface area contributed by atoms with Crippen LogP contribution >= 0.6 is 10.8 Å². The van der Waals surface area contributed by atoms with Gasteiger partial charge in [0, 0.05) is 37.4 Å². The van der Waals surface area contributed by atoms with E-state index in [4.69, 9.17) is 18.9 Å². The Kier molecular flexibility index (Phi) is 7.24. The SMILES string of the molecule is COC[C@H](C)Oc1cc(Oc2ccc3c(c2)OCCNS3(O)O)cc(C(=O)Nc2ccn[nH]2)c1. The number of amides is 1. The van der Waals surface area contributed by atoms with Gasteiger partial charge in [-0.15, -0.1) is 10.8 Å². The van der Waals surface area contributed by atoms with E-state index in [0.29, 0.717) is 47.5 Å². The minimum Gasteiger partial charge on any atom is -0.490 e. The number of hydrogen-bond donors (Lipinski definition) is 5. The number of aromatic amines is 1. The van der Waals surface area contributed by atoms with Gasteiger partial charge >= 0.3 is 0 Å². The summed E-state index contributed by atoms with van der Waals surface area (Å²) in [4.78, 5) is 13.1. The van der Waals surface area contributed by atoms with Crippen LogP contribution in [-0.4, -0.2) is 58.2 Å². The lowest BCUT2D eigenvalue weighted by Gasteiger charge is -2.31. The summed E-state index contributed by atoms with van der Waals surface area (Å²) < 4.78 is 45.9. The van der Waals surface area contributed by atoms with E-state index >= 15 is 0 Å². The molecule has 12 heteroatoms. The Labute approximate surface area is 197 Å². The third-order valence-corrected chi connectivity index (χ3v) is 6.31. The Hall–Kier alpha value is -3.29. The molecule has 1 aliphatic rings. The van der Waals surface area contributed by atoms with Crippen LogP contribution in [0.2, 0.25) is 0 Å². The number of rotatable bonds is 8. The van der Waals surface area contributed by atoms with Gasteiger partial charge in [-0.1, -0.05) is 0 Å². The zero-order valence-electron chi connectivity index (χ0n) is 18.6. The second-order valence-electron chi connectivity index (χ2n) is 7.50. The largest absolute Gasteiger partial charge is 0.490 e. The van der Waals surface area contributed by atoms with E-state index in [-0.39, 0.29) is 23.5 Å². The zero-order chi connectivity index (χ0) is 24.1. The predicted molar refractivity (Wildman–Crippen MR) is 126 cm³/mol. The number of carbonyl (C=O) groups excluding carboxylic acids is 1. The lowest BCUT2D eigenvalue weighted by molar-refractivity contribution is 0.0915. The molecule has 1 amide bonds. The third kappa shape index (κ3) is 5.79. The average Bonchev–Trinajstić information content (AvgIpc) is 3.24. The summed E-state index contributed by atoms with van der Waals surface area (Å²) in [5, 5.41) is 9.22. The number of nitrogens with zero attached hydrogens (tertiary/aromatic N) is 1. The fourth-order valence-electron chi connectivity index (χ4n) is 3.31. The van der Waals surface area contributed by atoms with Gasteiger partial charge in [-0.3, -0.25) is 19.0 Å². The molecule has 11 nitrogen and oxygen atoms in total. The first-order valence-corrected chi connectivity index (χ1v) is 12.0. The van der Waals surface area contributed by atoms with Crippen LogP contribution < -0.4 is 24.2 Å². The van der Waals surface area contributed by atoms with Crippen molar-refractivity contribution in [2.45, 2.75) is 17.9 Å². The van der Waals surface area contributed by atoms with E-state index in [1.807, 2.05) is 6.92 Å². The van der Waals surface area contributed by atoms with Gasteiger partial charge in [0.1, 0.15) is 46.4 Å². The first kappa shape index (κ1) is 23.9. The lowest BCUT2D eigenvalue weighted by Crippen LogP contribution is -2.21. The number of H-pyrrole nitrogens is 1. The normalized spacial score (nSPS) is 16.4. The molecule has 0 spiro atoms. The molecule has 182 valence electrons. The number of benzene rings is 2. The molecule has 0 radical (unpaired) electrons. The van der Waals surface area contributed by atoms with Crippen LogP contribution in [0.4, 0.5) is 5.82 Å². The summed E-state index contributed by atoms with van der Waals surface area (Å²) in [6.07, 6.45) is 1.27. The topological polar surface area (TPSA) is 147 Å². The average molecular weight is 491 g/mol. The molecule has 1 aromatic heterocycles. The molecule has 2 aromatic carbocycles. The summed E-state index contributed by atoms with van der Waals surface area (Å²) in [7, 11) is -1.58. The maximum Gasteiger partial charge on any atom is 0.257 e. The molecule has 0 saturated carbocycles. The maximum atomic E-state index is 12.8. The van der Waals surface area contributed by atoms with Gasteiger partial charge in [0.25, 0.3) is 5.91 Å². The van der Waals surface area contributed by atoms with E-state index in [0.717, 1.165) is 0 Å². The van der Waals surface area contributed by atoms with Crippen molar-refractivity contribution in [3.8, 4) is 23.0 Å².